The van der Waals surface area contributed by atoms with E-state index in [1.165, 1.54) is 11.3 Å². The lowest BCUT2D eigenvalue weighted by Crippen LogP contribution is -2.12. The van der Waals surface area contributed by atoms with E-state index in [1.807, 2.05) is 31.2 Å². The number of nitrogens with two attached hydrogens (primary N) is 1. The number of para-hydroxylation sites is 1. The van der Waals surface area contributed by atoms with Crippen LogP contribution in [-0.2, 0) is 0 Å². The summed E-state index contributed by atoms with van der Waals surface area (Å²) in [4.78, 5) is 16.5. The maximum absolute atomic E-state index is 12.1. The van der Waals surface area contributed by atoms with Gasteiger partial charge >= 0.3 is 0 Å². The van der Waals surface area contributed by atoms with Crippen molar-refractivity contribution in [1.82, 2.24) is 4.98 Å². The van der Waals surface area contributed by atoms with Gasteiger partial charge in [0.25, 0.3) is 0 Å². The number of Topliss-reactive ketones (excluding diaryl/α,β-unsaturated/α-hetero) is 1. The van der Waals surface area contributed by atoms with Crippen LogP contribution >= 0.6 is 11.3 Å². The van der Waals surface area contributed by atoms with Crippen LogP contribution in [0.4, 0.5) is 0 Å². The standard InChI is InChI=1S/C13H16N2OS/c1-9(5-4-8-14)12(16)13-15-10-6-2-3-7-11(10)17-13/h2-3,6-7,9H,4-5,8,14H2,1H3. The lowest BCUT2D eigenvalue weighted by atomic mass is 10.0. The van der Waals surface area contributed by atoms with Crippen molar-refractivity contribution in [3.8, 4) is 0 Å². The Morgan fingerprint density at radius 1 is 1.47 bits per heavy atom. The summed E-state index contributed by atoms with van der Waals surface area (Å²) in [5.74, 6) is 0.152. The zero-order valence-electron chi connectivity index (χ0n) is 9.85. The Hall–Kier alpha value is -1.26. The maximum Gasteiger partial charge on any atom is 0.194 e. The van der Waals surface area contributed by atoms with E-state index >= 15 is 0 Å². The largest absolute Gasteiger partial charge is 0.330 e. The number of fused-ring (bicyclic) bond motifs is 1. The van der Waals surface area contributed by atoms with Crippen molar-refractivity contribution in [2.45, 2.75) is 19.8 Å². The van der Waals surface area contributed by atoms with Crippen LogP contribution in [0.5, 0.6) is 0 Å². The van der Waals surface area contributed by atoms with Gasteiger partial charge in [0.15, 0.2) is 10.8 Å². The first-order chi connectivity index (χ1) is 8.22. The predicted octanol–water partition coefficient (Wildman–Crippen LogP) is 2.85. The lowest BCUT2D eigenvalue weighted by molar-refractivity contribution is 0.0923. The second-order valence-electron chi connectivity index (χ2n) is 4.18. The molecule has 1 atom stereocenters. The van der Waals surface area contributed by atoms with E-state index in [0.717, 1.165) is 23.1 Å². The molecule has 1 heterocycles. The molecule has 0 bridgehead atoms. The topological polar surface area (TPSA) is 56.0 Å². The van der Waals surface area contributed by atoms with Gasteiger partial charge in [-0.1, -0.05) is 19.1 Å². The molecule has 0 aliphatic heterocycles. The lowest BCUT2D eigenvalue weighted by Gasteiger charge is -2.06. The van der Waals surface area contributed by atoms with Crippen molar-refractivity contribution in [3.05, 3.63) is 29.3 Å². The quantitative estimate of drug-likeness (QED) is 0.828. The van der Waals surface area contributed by atoms with E-state index in [2.05, 4.69) is 4.98 Å². The highest BCUT2D eigenvalue weighted by molar-refractivity contribution is 7.20. The highest BCUT2D eigenvalue weighted by Crippen LogP contribution is 2.24. The van der Waals surface area contributed by atoms with Crippen LogP contribution in [0.25, 0.3) is 10.2 Å². The maximum atomic E-state index is 12.1. The minimum Gasteiger partial charge on any atom is -0.330 e. The van der Waals surface area contributed by atoms with E-state index < -0.39 is 0 Å². The van der Waals surface area contributed by atoms with Gasteiger partial charge in [-0.15, -0.1) is 11.3 Å². The molecule has 1 unspecified atom stereocenters. The molecule has 0 radical (unpaired) electrons. The summed E-state index contributed by atoms with van der Waals surface area (Å²) in [6.07, 6.45) is 1.73. The summed E-state index contributed by atoms with van der Waals surface area (Å²) < 4.78 is 1.07. The fraction of sp³-hybridized carbons (Fsp3) is 0.385. The van der Waals surface area contributed by atoms with Crippen molar-refractivity contribution in [1.29, 1.82) is 0 Å². The Labute approximate surface area is 105 Å². The molecule has 2 rings (SSSR count). The third kappa shape index (κ3) is 2.70. The first kappa shape index (κ1) is 12.2. The molecule has 1 aromatic carbocycles. The zero-order chi connectivity index (χ0) is 12.3. The summed E-state index contributed by atoms with van der Waals surface area (Å²) in [6.45, 7) is 2.58. The number of carbonyl (C=O) groups is 1. The van der Waals surface area contributed by atoms with Crippen LogP contribution < -0.4 is 5.73 Å². The Balaban J connectivity index is 2.18. The molecule has 3 nitrogen and oxygen atoms in total. The SMILES string of the molecule is CC(CCCN)C(=O)c1nc2ccccc2s1. The molecule has 1 aromatic heterocycles. The highest BCUT2D eigenvalue weighted by Gasteiger charge is 2.18. The summed E-state index contributed by atoms with van der Waals surface area (Å²) in [6, 6.07) is 7.84. The Morgan fingerprint density at radius 3 is 2.94 bits per heavy atom. The predicted molar refractivity (Wildman–Crippen MR) is 71.4 cm³/mol. The van der Waals surface area contributed by atoms with Crippen LogP contribution in [0.15, 0.2) is 24.3 Å². The number of nitrogens with zero attached hydrogens (tertiary/aromatic N) is 1. The summed E-state index contributed by atoms with van der Waals surface area (Å²) in [5, 5.41) is 0.621. The first-order valence-corrected chi connectivity index (χ1v) is 6.64. The van der Waals surface area contributed by atoms with E-state index in [1.54, 1.807) is 0 Å². The number of hydrogen-bond acceptors (Lipinski definition) is 4. The van der Waals surface area contributed by atoms with Crippen molar-refractivity contribution >= 4 is 27.3 Å². The van der Waals surface area contributed by atoms with Gasteiger partial charge in [0, 0.05) is 5.92 Å². The minimum atomic E-state index is 0.0131. The minimum absolute atomic E-state index is 0.0131. The Kier molecular flexibility index (Phi) is 3.86. The number of rotatable bonds is 5. The summed E-state index contributed by atoms with van der Waals surface area (Å²) in [5.41, 5.74) is 6.36. The second-order valence-corrected chi connectivity index (χ2v) is 5.21. The van der Waals surface area contributed by atoms with Gasteiger partial charge in [-0.05, 0) is 31.5 Å². The first-order valence-electron chi connectivity index (χ1n) is 5.82. The monoisotopic (exact) mass is 248 g/mol. The van der Waals surface area contributed by atoms with Gasteiger partial charge < -0.3 is 5.73 Å². The Bertz CT molecular complexity index is 488. The van der Waals surface area contributed by atoms with E-state index in [0.29, 0.717) is 11.6 Å². The van der Waals surface area contributed by atoms with Crippen LogP contribution in [-0.4, -0.2) is 17.3 Å². The van der Waals surface area contributed by atoms with Gasteiger partial charge in [-0.2, -0.15) is 0 Å². The van der Waals surface area contributed by atoms with Crippen molar-refractivity contribution < 1.29 is 4.79 Å². The van der Waals surface area contributed by atoms with Crippen molar-refractivity contribution in [2.24, 2.45) is 11.7 Å². The zero-order valence-corrected chi connectivity index (χ0v) is 10.7. The molecule has 0 saturated heterocycles. The molecule has 0 aliphatic rings. The normalized spacial score (nSPS) is 12.8. The van der Waals surface area contributed by atoms with E-state index in [-0.39, 0.29) is 11.7 Å². The van der Waals surface area contributed by atoms with Crippen molar-refractivity contribution in [3.63, 3.8) is 0 Å². The van der Waals surface area contributed by atoms with Crippen LogP contribution in [0, 0.1) is 5.92 Å². The fourth-order valence-corrected chi connectivity index (χ4v) is 2.76. The molecular weight excluding hydrogens is 232 g/mol. The van der Waals surface area contributed by atoms with Crippen LogP contribution in [0.3, 0.4) is 0 Å². The Morgan fingerprint density at radius 2 is 2.24 bits per heavy atom. The molecule has 2 N–H and O–H groups in total. The van der Waals surface area contributed by atoms with Gasteiger partial charge in [0.05, 0.1) is 10.2 Å². The number of carbonyl (C=O) groups excluding carboxylic acids is 1. The molecule has 0 aliphatic carbocycles. The van der Waals surface area contributed by atoms with Crippen LogP contribution in [0.2, 0.25) is 0 Å². The summed E-state index contributed by atoms with van der Waals surface area (Å²) in [7, 11) is 0. The van der Waals surface area contributed by atoms with Crippen LogP contribution in [0.1, 0.15) is 29.6 Å². The molecule has 0 amide bonds. The highest BCUT2D eigenvalue weighted by atomic mass is 32.1. The molecule has 0 fully saturated rings. The number of aromatic nitrogens is 1. The van der Waals surface area contributed by atoms with Gasteiger partial charge in [0.1, 0.15) is 0 Å². The van der Waals surface area contributed by atoms with Gasteiger partial charge in [0.2, 0.25) is 0 Å². The van der Waals surface area contributed by atoms with Gasteiger partial charge in [-0.25, -0.2) is 4.98 Å². The van der Waals surface area contributed by atoms with E-state index in [4.69, 9.17) is 5.73 Å². The molecule has 0 saturated carbocycles. The molecule has 17 heavy (non-hydrogen) atoms. The number of ketones is 1. The molecule has 2 aromatic rings. The fourth-order valence-electron chi connectivity index (χ4n) is 1.74. The second kappa shape index (κ2) is 5.38. The summed E-state index contributed by atoms with van der Waals surface area (Å²) >= 11 is 1.48. The third-order valence-electron chi connectivity index (χ3n) is 2.79. The van der Waals surface area contributed by atoms with Crippen molar-refractivity contribution in [2.75, 3.05) is 6.54 Å². The smallest absolute Gasteiger partial charge is 0.194 e. The number of benzene rings is 1. The average molecular weight is 248 g/mol. The molecule has 0 spiro atoms. The molecule has 90 valence electrons. The average Bonchev–Trinajstić information content (AvgIpc) is 2.78. The number of hydrogen-bond donors (Lipinski definition) is 1. The number of thiazole rings is 1. The van der Waals surface area contributed by atoms with Gasteiger partial charge in [-0.3, -0.25) is 4.79 Å². The molecule has 4 heteroatoms. The third-order valence-corrected chi connectivity index (χ3v) is 3.84. The molecular formula is C13H16N2OS. The van der Waals surface area contributed by atoms with E-state index in [9.17, 15) is 4.79 Å².